The normalized spacial score (nSPS) is 10.9. The Balaban J connectivity index is 1.63. The van der Waals surface area contributed by atoms with Crippen LogP contribution >= 0.6 is 0 Å². The molecule has 0 heterocycles. The molecule has 2 N–H and O–H groups in total. The van der Waals surface area contributed by atoms with Gasteiger partial charge < -0.3 is 15.4 Å². The molecular formula is C24H24FN3O5S. The van der Waals surface area contributed by atoms with Crippen LogP contribution in [0.4, 0.5) is 21.5 Å². The highest BCUT2D eigenvalue weighted by molar-refractivity contribution is 7.92. The third-order valence-corrected chi connectivity index (χ3v) is 5.77. The van der Waals surface area contributed by atoms with E-state index in [-0.39, 0.29) is 24.6 Å². The molecular weight excluding hydrogens is 461 g/mol. The fourth-order valence-electron chi connectivity index (χ4n) is 3.11. The smallest absolute Gasteiger partial charge is 0.262 e. The molecule has 8 nitrogen and oxygen atoms in total. The van der Waals surface area contributed by atoms with Crippen molar-refractivity contribution in [2.45, 2.75) is 13.5 Å². The second-order valence-corrected chi connectivity index (χ2v) is 9.36. The summed E-state index contributed by atoms with van der Waals surface area (Å²) in [5, 5.41) is 5.30. The summed E-state index contributed by atoms with van der Waals surface area (Å²) >= 11 is 0. The van der Waals surface area contributed by atoms with Gasteiger partial charge >= 0.3 is 0 Å². The molecule has 0 aliphatic rings. The number of sulfonamides is 1. The number of carbonyl (C=O) groups is 2. The molecule has 3 aromatic rings. The number of hydrogen-bond acceptors (Lipinski definition) is 5. The quantitative estimate of drug-likeness (QED) is 0.480. The Labute approximate surface area is 197 Å². The maximum Gasteiger partial charge on any atom is 0.262 e. The Morgan fingerprint density at radius 2 is 1.59 bits per heavy atom. The van der Waals surface area contributed by atoms with Gasteiger partial charge in [-0.05, 0) is 48.5 Å². The molecule has 2 amide bonds. The van der Waals surface area contributed by atoms with Crippen molar-refractivity contribution in [3.05, 3.63) is 84.2 Å². The third-order valence-electron chi connectivity index (χ3n) is 4.63. The number of carbonyl (C=O) groups excluding carboxylic acids is 2. The van der Waals surface area contributed by atoms with Crippen LogP contribution in [0.15, 0.2) is 72.8 Å². The zero-order valence-electron chi connectivity index (χ0n) is 18.6. The maximum absolute atomic E-state index is 14.0. The van der Waals surface area contributed by atoms with Gasteiger partial charge in [0.2, 0.25) is 15.9 Å². The first kappa shape index (κ1) is 24.7. The Hall–Kier alpha value is -3.92. The van der Waals surface area contributed by atoms with Gasteiger partial charge in [0.1, 0.15) is 11.6 Å². The summed E-state index contributed by atoms with van der Waals surface area (Å²) < 4.78 is 45.2. The monoisotopic (exact) mass is 485 g/mol. The molecule has 0 radical (unpaired) electrons. The van der Waals surface area contributed by atoms with E-state index in [1.54, 1.807) is 30.3 Å². The summed E-state index contributed by atoms with van der Waals surface area (Å²) in [7, 11) is -3.68. The summed E-state index contributed by atoms with van der Waals surface area (Å²) in [6.07, 6.45) is 1.05. The first-order valence-electron chi connectivity index (χ1n) is 10.2. The largest absolute Gasteiger partial charge is 0.484 e. The standard InChI is InChI=1S/C24H24FN3O5S/c1-17(29)26-19-7-5-8-20(14-19)27-24(30)16-33-22-12-10-21(11-13-22)28(34(2,31)32)15-18-6-3-4-9-23(18)25/h3-14H,15-16H2,1-2H3,(H,26,29)(H,27,30). The number of benzene rings is 3. The van der Waals surface area contributed by atoms with Gasteiger partial charge in [0.25, 0.3) is 5.91 Å². The van der Waals surface area contributed by atoms with Crippen LogP contribution < -0.4 is 19.7 Å². The molecule has 0 unspecified atom stereocenters. The minimum atomic E-state index is -3.68. The second kappa shape index (κ2) is 10.8. The lowest BCUT2D eigenvalue weighted by Crippen LogP contribution is -2.29. The zero-order valence-corrected chi connectivity index (χ0v) is 19.4. The topological polar surface area (TPSA) is 105 Å². The molecule has 0 saturated heterocycles. The maximum atomic E-state index is 14.0. The summed E-state index contributed by atoms with van der Waals surface area (Å²) in [6, 6.07) is 18.7. The number of nitrogens with one attached hydrogen (secondary N) is 2. The number of anilines is 3. The lowest BCUT2D eigenvalue weighted by atomic mass is 10.2. The molecule has 10 heteroatoms. The summed E-state index contributed by atoms with van der Waals surface area (Å²) in [5.74, 6) is -0.782. The van der Waals surface area contributed by atoms with E-state index in [1.807, 2.05) is 0 Å². The molecule has 178 valence electrons. The third kappa shape index (κ3) is 7.04. The highest BCUT2D eigenvalue weighted by atomic mass is 32.2. The molecule has 3 rings (SSSR count). The highest BCUT2D eigenvalue weighted by Gasteiger charge is 2.19. The van der Waals surface area contributed by atoms with E-state index < -0.39 is 21.7 Å². The first-order chi connectivity index (χ1) is 16.1. The van der Waals surface area contributed by atoms with Gasteiger partial charge in [-0.2, -0.15) is 0 Å². The molecule has 0 aliphatic heterocycles. The van der Waals surface area contributed by atoms with Crippen LogP contribution in [0.5, 0.6) is 5.75 Å². The van der Waals surface area contributed by atoms with Gasteiger partial charge in [-0.15, -0.1) is 0 Å². The van der Waals surface area contributed by atoms with E-state index in [9.17, 15) is 22.4 Å². The molecule has 0 spiro atoms. The number of nitrogens with zero attached hydrogens (tertiary/aromatic N) is 1. The molecule has 3 aromatic carbocycles. The van der Waals surface area contributed by atoms with E-state index >= 15 is 0 Å². The van der Waals surface area contributed by atoms with Crippen molar-refractivity contribution in [2.24, 2.45) is 0 Å². The molecule has 0 atom stereocenters. The van der Waals surface area contributed by atoms with Crippen molar-refractivity contribution in [3.63, 3.8) is 0 Å². The molecule has 0 saturated carbocycles. The minimum Gasteiger partial charge on any atom is -0.484 e. The van der Waals surface area contributed by atoms with Crippen LogP contribution in [0, 0.1) is 5.82 Å². The van der Waals surface area contributed by atoms with Gasteiger partial charge in [0.15, 0.2) is 6.61 Å². The van der Waals surface area contributed by atoms with Crippen molar-refractivity contribution in [1.82, 2.24) is 0 Å². The van der Waals surface area contributed by atoms with Crippen molar-refractivity contribution in [1.29, 1.82) is 0 Å². The molecule has 34 heavy (non-hydrogen) atoms. The average Bonchev–Trinajstić information content (AvgIpc) is 2.76. The Morgan fingerprint density at radius 3 is 2.21 bits per heavy atom. The van der Waals surface area contributed by atoms with Gasteiger partial charge in [0.05, 0.1) is 18.5 Å². The zero-order chi connectivity index (χ0) is 24.7. The molecule has 0 aromatic heterocycles. The number of halogens is 1. The van der Waals surface area contributed by atoms with E-state index in [4.69, 9.17) is 4.74 Å². The van der Waals surface area contributed by atoms with Gasteiger partial charge in [0, 0.05) is 23.9 Å². The fraction of sp³-hybridized carbons (Fsp3) is 0.167. The van der Waals surface area contributed by atoms with Crippen LogP contribution in [0.3, 0.4) is 0 Å². The van der Waals surface area contributed by atoms with Crippen molar-refractivity contribution >= 4 is 38.9 Å². The van der Waals surface area contributed by atoms with Crippen LogP contribution in [0.25, 0.3) is 0 Å². The van der Waals surface area contributed by atoms with Crippen LogP contribution in [0.1, 0.15) is 12.5 Å². The van der Waals surface area contributed by atoms with E-state index in [2.05, 4.69) is 10.6 Å². The molecule has 0 bridgehead atoms. The molecule has 0 fully saturated rings. The van der Waals surface area contributed by atoms with Crippen molar-refractivity contribution in [3.8, 4) is 5.75 Å². The molecule has 0 aliphatic carbocycles. The average molecular weight is 486 g/mol. The van der Waals surface area contributed by atoms with Gasteiger partial charge in [-0.3, -0.25) is 13.9 Å². The lowest BCUT2D eigenvalue weighted by molar-refractivity contribution is -0.118. The van der Waals surface area contributed by atoms with Crippen molar-refractivity contribution < 1.29 is 27.1 Å². The number of ether oxygens (including phenoxy) is 1. The number of hydrogen-bond donors (Lipinski definition) is 2. The van der Waals surface area contributed by atoms with Crippen LogP contribution in [-0.2, 0) is 26.2 Å². The fourth-order valence-corrected chi connectivity index (χ4v) is 3.99. The summed E-state index contributed by atoms with van der Waals surface area (Å²) in [4.78, 5) is 23.4. The van der Waals surface area contributed by atoms with E-state index in [0.29, 0.717) is 22.8 Å². The Bertz CT molecular complexity index is 1280. The Morgan fingerprint density at radius 1 is 0.941 bits per heavy atom. The van der Waals surface area contributed by atoms with E-state index in [1.165, 1.54) is 49.4 Å². The predicted molar refractivity (Wildman–Crippen MR) is 129 cm³/mol. The van der Waals surface area contributed by atoms with Crippen LogP contribution in [-0.4, -0.2) is 33.1 Å². The SMILES string of the molecule is CC(=O)Nc1cccc(NC(=O)COc2ccc(N(Cc3ccccc3F)S(C)(=O)=O)cc2)c1. The number of amides is 2. The van der Waals surface area contributed by atoms with E-state index in [0.717, 1.165) is 10.6 Å². The second-order valence-electron chi connectivity index (χ2n) is 7.45. The number of rotatable bonds is 9. The summed E-state index contributed by atoms with van der Waals surface area (Å²) in [6.45, 7) is 0.944. The Kier molecular flexibility index (Phi) is 7.85. The predicted octanol–water partition coefficient (Wildman–Crippen LogP) is 3.77. The van der Waals surface area contributed by atoms with Gasteiger partial charge in [-0.25, -0.2) is 12.8 Å². The van der Waals surface area contributed by atoms with Crippen LogP contribution in [0.2, 0.25) is 0 Å². The van der Waals surface area contributed by atoms with Crippen molar-refractivity contribution in [2.75, 3.05) is 27.8 Å². The first-order valence-corrected chi connectivity index (χ1v) is 12.1. The van der Waals surface area contributed by atoms with Gasteiger partial charge in [-0.1, -0.05) is 24.3 Å². The highest BCUT2D eigenvalue weighted by Crippen LogP contribution is 2.24. The lowest BCUT2D eigenvalue weighted by Gasteiger charge is -2.23. The minimum absolute atomic E-state index is 0.161. The summed E-state index contributed by atoms with van der Waals surface area (Å²) in [5.41, 5.74) is 1.62.